The molecule has 0 aliphatic carbocycles. The largest absolute Gasteiger partial charge is 0.489 e. The normalized spacial score (nSPS) is 11.9. The molecule has 1 aromatic heterocycles. The van der Waals surface area contributed by atoms with Crippen LogP contribution >= 0.6 is 15.9 Å². The second kappa shape index (κ2) is 6.33. The summed E-state index contributed by atoms with van der Waals surface area (Å²) in [6, 6.07) is 7.54. The summed E-state index contributed by atoms with van der Waals surface area (Å²) in [6.45, 7) is 2.27. The van der Waals surface area contributed by atoms with Gasteiger partial charge >= 0.3 is 0 Å². The van der Waals surface area contributed by atoms with Gasteiger partial charge in [-0.2, -0.15) is 15.4 Å². The zero-order chi connectivity index (χ0) is 13.7. The van der Waals surface area contributed by atoms with Crippen LogP contribution in [-0.4, -0.2) is 34.0 Å². The lowest BCUT2D eigenvalue weighted by molar-refractivity contribution is 0.0927. The maximum atomic E-state index is 11.6. The van der Waals surface area contributed by atoms with Gasteiger partial charge in [0.15, 0.2) is 5.69 Å². The summed E-state index contributed by atoms with van der Waals surface area (Å²) in [5.41, 5.74) is 0.259. The summed E-state index contributed by atoms with van der Waals surface area (Å²) in [5.74, 6) is 0.469. The number of halogens is 1. The van der Waals surface area contributed by atoms with E-state index < -0.39 is 0 Å². The van der Waals surface area contributed by atoms with E-state index in [-0.39, 0.29) is 17.7 Å². The molecule has 19 heavy (non-hydrogen) atoms. The van der Waals surface area contributed by atoms with Crippen LogP contribution in [0.3, 0.4) is 0 Å². The lowest BCUT2D eigenvalue weighted by Gasteiger charge is -2.15. The summed E-state index contributed by atoms with van der Waals surface area (Å²) in [7, 11) is 0. The molecule has 0 saturated carbocycles. The number of hydrogen-bond donors (Lipinski definition) is 2. The monoisotopic (exact) mass is 324 g/mol. The third-order valence-electron chi connectivity index (χ3n) is 2.33. The SMILES string of the molecule is C[C@H](CNC(=O)c1cn[nH]n1)Oc1cccc(Br)c1. The van der Waals surface area contributed by atoms with E-state index in [1.165, 1.54) is 6.20 Å². The lowest BCUT2D eigenvalue weighted by Crippen LogP contribution is -2.33. The highest BCUT2D eigenvalue weighted by Gasteiger charge is 2.11. The lowest BCUT2D eigenvalue weighted by atomic mass is 10.3. The molecule has 7 heteroatoms. The van der Waals surface area contributed by atoms with Crippen molar-refractivity contribution in [2.45, 2.75) is 13.0 Å². The van der Waals surface area contributed by atoms with E-state index in [0.29, 0.717) is 6.54 Å². The Morgan fingerprint density at radius 1 is 1.58 bits per heavy atom. The minimum Gasteiger partial charge on any atom is -0.489 e. The Morgan fingerprint density at radius 2 is 2.42 bits per heavy atom. The highest BCUT2D eigenvalue weighted by Crippen LogP contribution is 2.18. The number of carbonyl (C=O) groups is 1. The average molecular weight is 325 g/mol. The molecule has 1 heterocycles. The van der Waals surface area contributed by atoms with Crippen molar-refractivity contribution in [2.75, 3.05) is 6.54 Å². The van der Waals surface area contributed by atoms with Gasteiger partial charge in [-0.1, -0.05) is 22.0 Å². The Labute approximate surface area is 118 Å². The van der Waals surface area contributed by atoms with Gasteiger partial charge in [0.1, 0.15) is 11.9 Å². The topological polar surface area (TPSA) is 79.9 Å². The highest BCUT2D eigenvalue weighted by atomic mass is 79.9. The van der Waals surface area contributed by atoms with E-state index in [1.807, 2.05) is 31.2 Å². The van der Waals surface area contributed by atoms with Crippen LogP contribution in [0.1, 0.15) is 17.4 Å². The quantitative estimate of drug-likeness (QED) is 0.878. The molecule has 0 unspecified atom stereocenters. The number of aromatic nitrogens is 3. The molecule has 2 aromatic rings. The third-order valence-corrected chi connectivity index (χ3v) is 2.82. The molecule has 0 aliphatic rings. The molecule has 0 aliphatic heterocycles. The molecular weight excluding hydrogens is 312 g/mol. The third kappa shape index (κ3) is 4.06. The zero-order valence-electron chi connectivity index (χ0n) is 10.3. The molecule has 6 nitrogen and oxygen atoms in total. The molecule has 1 aromatic carbocycles. The second-order valence-electron chi connectivity index (χ2n) is 3.95. The van der Waals surface area contributed by atoms with Crippen LogP contribution in [0.25, 0.3) is 0 Å². The summed E-state index contributed by atoms with van der Waals surface area (Å²) < 4.78 is 6.62. The first-order chi connectivity index (χ1) is 9.15. The van der Waals surface area contributed by atoms with Crippen molar-refractivity contribution in [3.8, 4) is 5.75 Å². The number of nitrogens with zero attached hydrogens (tertiary/aromatic N) is 2. The Kier molecular flexibility index (Phi) is 4.51. The van der Waals surface area contributed by atoms with Crippen LogP contribution < -0.4 is 10.1 Å². The number of benzene rings is 1. The van der Waals surface area contributed by atoms with Crippen LogP contribution in [0, 0.1) is 0 Å². The van der Waals surface area contributed by atoms with Gasteiger partial charge in [-0.15, -0.1) is 0 Å². The second-order valence-corrected chi connectivity index (χ2v) is 4.87. The first kappa shape index (κ1) is 13.5. The summed E-state index contributed by atoms with van der Waals surface area (Å²) >= 11 is 3.37. The van der Waals surface area contributed by atoms with Crippen LogP contribution in [-0.2, 0) is 0 Å². The Bertz CT molecular complexity index is 544. The number of carbonyl (C=O) groups excluding carboxylic acids is 1. The first-order valence-electron chi connectivity index (χ1n) is 5.71. The van der Waals surface area contributed by atoms with E-state index in [9.17, 15) is 4.79 Å². The van der Waals surface area contributed by atoms with Crippen molar-refractivity contribution < 1.29 is 9.53 Å². The van der Waals surface area contributed by atoms with Gasteiger partial charge in [0.05, 0.1) is 12.7 Å². The van der Waals surface area contributed by atoms with Crippen molar-refractivity contribution in [1.82, 2.24) is 20.7 Å². The predicted octanol–water partition coefficient (Wildman–Crippen LogP) is 1.76. The van der Waals surface area contributed by atoms with Crippen LogP contribution in [0.4, 0.5) is 0 Å². The van der Waals surface area contributed by atoms with Gasteiger partial charge in [-0.05, 0) is 25.1 Å². The molecular formula is C12H13BrN4O2. The number of amides is 1. The van der Waals surface area contributed by atoms with Crippen molar-refractivity contribution in [1.29, 1.82) is 0 Å². The number of hydrogen-bond acceptors (Lipinski definition) is 4. The van der Waals surface area contributed by atoms with Crippen molar-refractivity contribution in [2.24, 2.45) is 0 Å². The molecule has 0 spiro atoms. The number of ether oxygens (including phenoxy) is 1. The minimum absolute atomic E-state index is 0.148. The maximum Gasteiger partial charge on any atom is 0.273 e. The van der Waals surface area contributed by atoms with Crippen LogP contribution in [0.5, 0.6) is 5.75 Å². The fourth-order valence-electron chi connectivity index (χ4n) is 1.45. The molecule has 0 fully saturated rings. The smallest absolute Gasteiger partial charge is 0.273 e. The van der Waals surface area contributed by atoms with Gasteiger partial charge < -0.3 is 10.1 Å². The predicted molar refractivity (Wildman–Crippen MR) is 72.9 cm³/mol. The van der Waals surface area contributed by atoms with E-state index in [2.05, 4.69) is 36.7 Å². The number of rotatable bonds is 5. The van der Waals surface area contributed by atoms with Gasteiger partial charge in [0.2, 0.25) is 0 Å². The fraction of sp³-hybridized carbons (Fsp3) is 0.250. The maximum absolute atomic E-state index is 11.6. The Morgan fingerprint density at radius 3 is 3.11 bits per heavy atom. The number of nitrogens with one attached hydrogen (secondary N) is 2. The van der Waals surface area contributed by atoms with Gasteiger partial charge in [-0.25, -0.2) is 0 Å². The fourth-order valence-corrected chi connectivity index (χ4v) is 1.83. The minimum atomic E-state index is -0.279. The molecule has 2 N–H and O–H groups in total. The van der Waals surface area contributed by atoms with Crippen molar-refractivity contribution in [3.05, 3.63) is 40.6 Å². The molecule has 1 amide bonds. The molecule has 0 radical (unpaired) electrons. The number of aromatic amines is 1. The Balaban J connectivity index is 1.82. The highest BCUT2D eigenvalue weighted by molar-refractivity contribution is 9.10. The van der Waals surface area contributed by atoms with E-state index in [4.69, 9.17) is 4.74 Å². The molecule has 2 rings (SSSR count). The van der Waals surface area contributed by atoms with Gasteiger partial charge in [-0.3, -0.25) is 4.79 Å². The Hall–Kier alpha value is -1.89. The van der Waals surface area contributed by atoms with Crippen LogP contribution in [0.15, 0.2) is 34.9 Å². The standard InChI is InChI=1S/C12H13BrN4O2/c1-8(19-10-4-2-3-9(13)5-10)6-14-12(18)11-7-15-17-16-11/h2-5,7-8H,6H2,1H3,(H,14,18)(H,15,16,17)/t8-/m1/s1. The molecule has 1 atom stereocenters. The average Bonchev–Trinajstić information content (AvgIpc) is 2.90. The summed E-state index contributed by atoms with van der Waals surface area (Å²) in [6.07, 6.45) is 1.22. The van der Waals surface area contributed by atoms with Crippen molar-refractivity contribution in [3.63, 3.8) is 0 Å². The summed E-state index contributed by atoms with van der Waals surface area (Å²) in [4.78, 5) is 11.6. The molecule has 100 valence electrons. The number of H-pyrrole nitrogens is 1. The van der Waals surface area contributed by atoms with Crippen molar-refractivity contribution >= 4 is 21.8 Å². The van der Waals surface area contributed by atoms with E-state index >= 15 is 0 Å². The first-order valence-corrected chi connectivity index (χ1v) is 6.50. The molecule has 0 saturated heterocycles. The van der Waals surface area contributed by atoms with Crippen LogP contribution in [0.2, 0.25) is 0 Å². The van der Waals surface area contributed by atoms with Gasteiger partial charge in [0, 0.05) is 4.47 Å². The van der Waals surface area contributed by atoms with E-state index in [0.717, 1.165) is 10.2 Å². The van der Waals surface area contributed by atoms with Gasteiger partial charge in [0.25, 0.3) is 5.91 Å². The van der Waals surface area contributed by atoms with E-state index in [1.54, 1.807) is 0 Å². The summed E-state index contributed by atoms with van der Waals surface area (Å²) in [5, 5.41) is 12.4. The molecule has 0 bridgehead atoms. The zero-order valence-corrected chi connectivity index (χ0v) is 11.8.